The Balaban J connectivity index is 2.06. The average molecular weight is 360 g/mol. The van der Waals surface area contributed by atoms with Crippen molar-refractivity contribution in [1.29, 1.82) is 0 Å². The van der Waals surface area contributed by atoms with E-state index in [4.69, 9.17) is 23.7 Å². The monoisotopic (exact) mass is 360 g/mol. The number of esters is 1. The van der Waals surface area contributed by atoms with Crippen LogP contribution in [-0.4, -0.2) is 39.5 Å². The Kier molecular flexibility index (Phi) is 4.79. The molecule has 7 nitrogen and oxygen atoms in total. The highest BCUT2D eigenvalue weighted by Gasteiger charge is 2.35. The van der Waals surface area contributed by atoms with Crippen molar-refractivity contribution in [2.75, 3.05) is 28.4 Å². The van der Waals surface area contributed by atoms with Crippen molar-refractivity contribution < 1.29 is 33.6 Å². The molecule has 1 aliphatic rings. The number of hydrogen-bond donors (Lipinski definition) is 1. The molecule has 1 unspecified atom stereocenters. The number of phenolic OH excluding ortho intramolecular Hbond substituents is 1. The quantitative estimate of drug-likeness (QED) is 0.648. The molecule has 1 heterocycles. The third kappa shape index (κ3) is 2.85. The predicted molar refractivity (Wildman–Crippen MR) is 92.8 cm³/mol. The molecule has 0 fully saturated rings. The summed E-state index contributed by atoms with van der Waals surface area (Å²) < 4.78 is 26.7. The Labute approximate surface area is 151 Å². The van der Waals surface area contributed by atoms with Crippen molar-refractivity contribution in [1.82, 2.24) is 0 Å². The van der Waals surface area contributed by atoms with Crippen LogP contribution in [0.2, 0.25) is 0 Å². The van der Waals surface area contributed by atoms with Crippen LogP contribution in [0.4, 0.5) is 0 Å². The van der Waals surface area contributed by atoms with E-state index in [1.165, 1.54) is 34.5 Å². The zero-order chi connectivity index (χ0) is 18.8. The van der Waals surface area contributed by atoms with Gasteiger partial charge in [0.25, 0.3) is 0 Å². The van der Waals surface area contributed by atoms with E-state index in [0.29, 0.717) is 46.3 Å². The van der Waals surface area contributed by atoms with Gasteiger partial charge in [0, 0.05) is 11.6 Å². The Morgan fingerprint density at radius 1 is 0.962 bits per heavy atom. The standard InChI is InChI=1S/C19H20O7/c1-22-14-6-5-10(7-13(14)20)11-8-12-15(26-19(11)21)9-16(23-2)18(25-4)17(12)24-3/h5-7,9,11,20H,8H2,1-4H3. The van der Waals surface area contributed by atoms with Crippen molar-refractivity contribution in [3.05, 3.63) is 35.4 Å². The van der Waals surface area contributed by atoms with Crippen molar-refractivity contribution in [3.63, 3.8) is 0 Å². The zero-order valence-electron chi connectivity index (χ0n) is 15.0. The zero-order valence-corrected chi connectivity index (χ0v) is 15.0. The van der Waals surface area contributed by atoms with Crippen LogP contribution in [0, 0.1) is 0 Å². The summed E-state index contributed by atoms with van der Waals surface area (Å²) in [5.41, 5.74) is 1.32. The van der Waals surface area contributed by atoms with Gasteiger partial charge < -0.3 is 28.8 Å². The molecule has 7 heteroatoms. The summed E-state index contributed by atoms with van der Waals surface area (Å²) in [5.74, 6) is 0.961. The number of phenols is 1. The molecule has 0 aliphatic carbocycles. The lowest BCUT2D eigenvalue weighted by atomic mass is 9.88. The SMILES string of the molecule is COc1ccc(C2Cc3c(cc(OC)c(OC)c3OC)OC2=O)cc1O. The van der Waals surface area contributed by atoms with Crippen LogP contribution in [0.1, 0.15) is 17.0 Å². The summed E-state index contributed by atoms with van der Waals surface area (Å²) in [5, 5.41) is 10.0. The van der Waals surface area contributed by atoms with Gasteiger partial charge in [0.15, 0.2) is 23.0 Å². The summed E-state index contributed by atoms with van der Waals surface area (Å²) in [6.07, 6.45) is 0.337. The third-order valence-corrected chi connectivity index (χ3v) is 4.40. The van der Waals surface area contributed by atoms with Crippen LogP contribution in [0.25, 0.3) is 0 Å². The summed E-state index contributed by atoms with van der Waals surface area (Å²) in [7, 11) is 5.99. The number of carbonyl (C=O) groups excluding carboxylic acids is 1. The van der Waals surface area contributed by atoms with Gasteiger partial charge in [-0.15, -0.1) is 0 Å². The Hall–Kier alpha value is -3.09. The average Bonchev–Trinajstić information content (AvgIpc) is 2.65. The predicted octanol–water partition coefficient (Wildman–Crippen LogP) is 2.67. The minimum Gasteiger partial charge on any atom is -0.504 e. The molecule has 26 heavy (non-hydrogen) atoms. The first-order valence-electron chi connectivity index (χ1n) is 7.94. The first kappa shape index (κ1) is 17.7. The maximum atomic E-state index is 12.5. The van der Waals surface area contributed by atoms with E-state index in [0.717, 1.165) is 0 Å². The number of hydrogen-bond acceptors (Lipinski definition) is 7. The van der Waals surface area contributed by atoms with E-state index in [1.807, 2.05) is 0 Å². The van der Waals surface area contributed by atoms with E-state index < -0.39 is 11.9 Å². The minimum absolute atomic E-state index is 0.0390. The normalized spacial score (nSPS) is 15.7. The third-order valence-electron chi connectivity index (χ3n) is 4.40. The molecule has 0 saturated heterocycles. The first-order chi connectivity index (χ1) is 12.5. The molecule has 0 radical (unpaired) electrons. The first-order valence-corrected chi connectivity index (χ1v) is 7.94. The van der Waals surface area contributed by atoms with Gasteiger partial charge in [0.05, 0.1) is 34.4 Å². The lowest BCUT2D eigenvalue weighted by molar-refractivity contribution is -0.137. The maximum absolute atomic E-state index is 12.5. The number of ether oxygens (including phenoxy) is 5. The minimum atomic E-state index is -0.591. The fraction of sp³-hybridized carbons (Fsp3) is 0.316. The lowest BCUT2D eigenvalue weighted by Gasteiger charge is -2.27. The van der Waals surface area contributed by atoms with Crippen LogP contribution in [-0.2, 0) is 11.2 Å². The van der Waals surface area contributed by atoms with Gasteiger partial charge in [-0.2, -0.15) is 0 Å². The second-order valence-electron chi connectivity index (χ2n) is 5.73. The number of aromatic hydroxyl groups is 1. The van der Waals surface area contributed by atoms with E-state index in [1.54, 1.807) is 18.2 Å². The lowest BCUT2D eigenvalue weighted by Crippen LogP contribution is -2.26. The fourth-order valence-corrected chi connectivity index (χ4v) is 3.12. The van der Waals surface area contributed by atoms with Crippen LogP contribution >= 0.6 is 0 Å². The van der Waals surface area contributed by atoms with Gasteiger partial charge in [-0.1, -0.05) is 6.07 Å². The number of rotatable bonds is 5. The van der Waals surface area contributed by atoms with Crippen molar-refractivity contribution in [2.45, 2.75) is 12.3 Å². The molecule has 2 aromatic carbocycles. The van der Waals surface area contributed by atoms with Crippen LogP contribution in [0.15, 0.2) is 24.3 Å². The Bertz CT molecular complexity index is 844. The number of carbonyl (C=O) groups is 1. The smallest absolute Gasteiger partial charge is 0.319 e. The van der Waals surface area contributed by atoms with Gasteiger partial charge in [-0.25, -0.2) is 0 Å². The van der Waals surface area contributed by atoms with Gasteiger partial charge >= 0.3 is 5.97 Å². The molecule has 2 aromatic rings. The van der Waals surface area contributed by atoms with Crippen LogP contribution < -0.4 is 23.7 Å². The largest absolute Gasteiger partial charge is 0.504 e. The maximum Gasteiger partial charge on any atom is 0.319 e. The summed E-state index contributed by atoms with van der Waals surface area (Å²) in [6, 6.07) is 6.45. The highest BCUT2D eigenvalue weighted by molar-refractivity contribution is 5.85. The molecule has 0 bridgehead atoms. The van der Waals surface area contributed by atoms with Crippen LogP contribution in [0.5, 0.6) is 34.5 Å². The molecule has 0 spiro atoms. The molecule has 138 valence electrons. The highest BCUT2D eigenvalue weighted by Crippen LogP contribution is 2.49. The van der Waals surface area contributed by atoms with E-state index in [9.17, 15) is 9.90 Å². The number of benzene rings is 2. The summed E-state index contributed by atoms with van der Waals surface area (Å²) >= 11 is 0. The Morgan fingerprint density at radius 3 is 2.23 bits per heavy atom. The number of fused-ring (bicyclic) bond motifs is 1. The van der Waals surface area contributed by atoms with Gasteiger partial charge in [0.1, 0.15) is 5.75 Å². The topological polar surface area (TPSA) is 83.5 Å². The molecule has 1 atom stereocenters. The molecule has 3 rings (SSSR count). The molecule has 1 N–H and O–H groups in total. The molecular weight excluding hydrogens is 340 g/mol. The second-order valence-corrected chi connectivity index (χ2v) is 5.73. The Morgan fingerprint density at radius 2 is 1.65 bits per heavy atom. The van der Waals surface area contributed by atoms with Crippen molar-refractivity contribution >= 4 is 5.97 Å². The van der Waals surface area contributed by atoms with Gasteiger partial charge in [-0.3, -0.25) is 4.79 Å². The van der Waals surface area contributed by atoms with Crippen molar-refractivity contribution in [2.24, 2.45) is 0 Å². The summed E-state index contributed by atoms with van der Waals surface area (Å²) in [4.78, 5) is 12.5. The fourth-order valence-electron chi connectivity index (χ4n) is 3.12. The molecule has 1 aliphatic heterocycles. The van der Waals surface area contributed by atoms with Gasteiger partial charge in [-0.05, 0) is 24.1 Å². The molecule has 0 saturated carbocycles. The highest BCUT2D eigenvalue weighted by atomic mass is 16.5. The molecule has 0 amide bonds. The van der Waals surface area contributed by atoms with E-state index in [2.05, 4.69) is 0 Å². The van der Waals surface area contributed by atoms with E-state index in [-0.39, 0.29) is 5.75 Å². The summed E-state index contributed by atoms with van der Waals surface area (Å²) in [6.45, 7) is 0. The van der Waals surface area contributed by atoms with E-state index >= 15 is 0 Å². The second kappa shape index (κ2) is 7.03. The molecule has 0 aromatic heterocycles. The number of methoxy groups -OCH3 is 4. The van der Waals surface area contributed by atoms with Gasteiger partial charge in [0.2, 0.25) is 5.75 Å². The van der Waals surface area contributed by atoms with Crippen LogP contribution in [0.3, 0.4) is 0 Å². The van der Waals surface area contributed by atoms with Crippen molar-refractivity contribution in [3.8, 4) is 34.5 Å². The molecular formula is C19H20O7.